The summed E-state index contributed by atoms with van der Waals surface area (Å²) in [5, 5.41) is 5.90. The van der Waals surface area contributed by atoms with E-state index in [9.17, 15) is 0 Å². The van der Waals surface area contributed by atoms with Gasteiger partial charge in [-0.25, -0.2) is 0 Å². The maximum Gasteiger partial charge on any atom is 0.0159 e. The summed E-state index contributed by atoms with van der Waals surface area (Å²) >= 11 is 0. The van der Waals surface area contributed by atoms with Gasteiger partial charge < -0.3 is 0 Å². The normalized spacial score (nSPS) is 22.1. The SMILES string of the molecule is CC1(C)c2ccccc2-c2ccc(-c3ccc4c(c3)C(C)(C)C3CC(c5ccc6ccc7c8c6c5=CCC8CCC=7)=CC=C43)cc21. The molecule has 0 saturated heterocycles. The highest BCUT2D eigenvalue weighted by molar-refractivity contribution is 5.94. The van der Waals surface area contributed by atoms with Crippen molar-refractivity contribution in [1.29, 1.82) is 0 Å². The second-order valence-electron chi connectivity index (χ2n) is 15.6. The molecule has 224 valence electrons. The first-order valence-electron chi connectivity index (χ1n) is 17.4. The van der Waals surface area contributed by atoms with Gasteiger partial charge in [0.15, 0.2) is 0 Å². The molecule has 0 aromatic heterocycles. The highest BCUT2D eigenvalue weighted by Crippen LogP contribution is 2.56. The third-order valence-electron chi connectivity index (χ3n) is 12.6. The lowest BCUT2D eigenvalue weighted by atomic mass is 9.71. The molecule has 5 aliphatic rings. The lowest BCUT2D eigenvalue weighted by Crippen LogP contribution is -2.28. The average Bonchev–Trinajstić information content (AvgIpc) is 3.46. The Morgan fingerprint density at radius 3 is 2.26 bits per heavy atom. The fraction of sp³-hybridized carbons (Fsp3) is 0.261. The second kappa shape index (κ2) is 9.10. The number of benzene rings is 5. The van der Waals surface area contributed by atoms with Crippen LogP contribution in [0.2, 0.25) is 0 Å². The smallest absolute Gasteiger partial charge is 0.0159 e. The topological polar surface area (TPSA) is 0 Å². The molecule has 5 aromatic rings. The molecule has 0 heterocycles. The minimum Gasteiger partial charge on any atom is -0.0769 e. The fourth-order valence-electron chi connectivity index (χ4n) is 10.1. The highest BCUT2D eigenvalue weighted by atomic mass is 14.5. The number of hydrogen-bond acceptors (Lipinski definition) is 0. The Balaban J connectivity index is 1.04. The molecule has 46 heavy (non-hydrogen) atoms. The van der Waals surface area contributed by atoms with Crippen molar-refractivity contribution in [3.63, 3.8) is 0 Å². The first-order valence-corrected chi connectivity index (χ1v) is 17.4. The molecular formula is C46H40. The number of fused-ring (bicyclic) bond motifs is 6. The summed E-state index contributed by atoms with van der Waals surface area (Å²) in [5.74, 6) is 1.16. The summed E-state index contributed by atoms with van der Waals surface area (Å²) < 4.78 is 0. The lowest BCUT2D eigenvalue weighted by Gasteiger charge is -2.32. The van der Waals surface area contributed by atoms with E-state index in [2.05, 4.69) is 137 Å². The van der Waals surface area contributed by atoms with Gasteiger partial charge >= 0.3 is 0 Å². The van der Waals surface area contributed by atoms with Gasteiger partial charge in [-0.2, -0.15) is 0 Å². The molecule has 0 fully saturated rings. The van der Waals surface area contributed by atoms with E-state index in [1.54, 1.807) is 5.56 Å². The van der Waals surface area contributed by atoms with E-state index in [0.717, 1.165) is 6.42 Å². The highest BCUT2D eigenvalue weighted by Gasteiger charge is 2.44. The van der Waals surface area contributed by atoms with Crippen LogP contribution in [0.4, 0.5) is 0 Å². The first kappa shape index (κ1) is 26.8. The zero-order valence-corrected chi connectivity index (χ0v) is 27.4. The van der Waals surface area contributed by atoms with E-state index in [1.165, 1.54) is 102 Å². The first-order chi connectivity index (χ1) is 22.3. The molecule has 0 bridgehead atoms. The van der Waals surface area contributed by atoms with E-state index in [1.807, 2.05) is 0 Å². The molecular weight excluding hydrogens is 553 g/mol. The number of allylic oxidation sites excluding steroid dienone is 4. The quantitative estimate of drug-likeness (QED) is 0.191. The Morgan fingerprint density at radius 2 is 1.39 bits per heavy atom. The minimum absolute atomic E-state index is 0.0117. The van der Waals surface area contributed by atoms with Gasteiger partial charge in [-0.1, -0.05) is 125 Å². The molecule has 0 spiro atoms. The van der Waals surface area contributed by atoms with Crippen molar-refractivity contribution < 1.29 is 0 Å². The van der Waals surface area contributed by atoms with Crippen LogP contribution >= 0.6 is 0 Å². The maximum atomic E-state index is 2.57. The second-order valence-corrected chi connectivity index (χ2v) is 15.6. The van der Waals surface area contributed by atoms with Gasteiger partial charge in [-0.15, -0.1) is 0 Å². The summed E-state index contributed by atoms with van der Waals surface area (Å²) in [6, 6.07) is 32.9. The molecule has 0 heteroatoms. The van der Waals surface area contributed by atoms with Crippen LogP contribution in [-0.4, -0.2) is 0 Å². The van der Waals surface area contributed by atoms with Crippen molar-refractivity contribution in [2.45, 2.75) is 70.1 Å². The molecule has 5 aromatic carbocycles. The Hall–Kier alpha value is -4.42. The third-order valence-corrected chi connectivity index (χ3v) is 12.6. The largest absolute Gasteiger partial charge is 0.0769 e. The molecule has 5 aliphatic carbocycles. The van der Waals surface area contributed by atoms with Gasteiger partial charge in [-0.05, 0) is 143 Å². The van der Waals surface area contributed by atoms with Crippen LogP contribution in [0, 0.1) is 5.92 Å². The molecule has 0 amide bonds. The molecule has 0 aliphatic heterocycles. The van der Waals surface area contributed by atoms with Gasteiger partial charge in [-0.3, -0.25) is 0 Å². The molecule has 2 unspecified atom stereocenters. The molecule has 0 radical (unpaired) electrons. The number of rotatable bonds is 2. The van der Waals surface area contributed by atoms with Crippen molar-refractivity contribution in [3.05, 3.63) is 141 Å². The Bertz CT molecular complexity index is 2370. The third kappa shape index (κ3) is 3.45. The summed E-state index contributed by atoms with van der Waals surface area (Å²) in [6.07, 6.45) is 14.7. The average molecular weight is 593 g/mol. The van der Waals surface area contributed by atoms with E-state index < -0.39 is 0 Å². The summed E-state index contributed by atoms with van der Waals surface area (Å²) in [7, 11) is 0. The lowest BCUT2D eigenvalue weighted by molar-refractivity contribution is 0.418. The molecule has 0 saturated carbocycles. The van der Waals surface area contributed by atoms with E-state index in [0.29, 0.717) is 11.8 Å². The standard InChI is InChI=1S/C46H40/c1-45(2)39-11-6-5-10-34(39)35-20-16-30(24-40(35)45)31-17-21-36-37-22-18-32(26-42(37)46(3,4)41(36)25-31)33-19-14-29-13-12-27-8-7-9-28-15-23-38(33)44(29)43(27)28/h5-6,8,10-14,16-25,28,42H,7,9,15,26H2,1-4H3. The van der Waals surface area contributed by atoms with Crippen molar-refractivity contribution in [3.8, 4) is 22.3 Å². The molecule has 10 rings (SSSR count). The van der Waals surface area contributed by atoms with Crippen molar-refractivity contribution in [2.24, 2.45) is 5.92 Å². The summed E-state index contributed by atoms with van der Waals surface area (Å²) in [6.45, 7) is 9.73. The minimum atomic E-state index is 0.0117. The maximum absolute atomic E-state index is 2.57. The predicted molar refractivity (Wildman–Crippen MR) is 195 cm³/mol. The van der Waals surface area contributed by atoms with Gasteiger partial charge in [0.05, 0.1) is 0 Å². The monoisotopic (exact) mass is 592 g/mol. The fourth-order valence-corrected chi connectivity index (χ4v) is 10.1. The van der Waals surface area contributed by atoms with Crippen molar-refractivity contribution >= 4 is 34.1 Å². The Kier molecular flexibility index (Phi) is 5.29. The van der Waals surface area contributed by atoms with Crippen molar-refractivity contribution in [1.82, 2.24) is 0 Å². The van der Waals surface area contributed by atoms with Gasteiger partial charge in [0.2, 0.25) is 0 Å². The van der Waals surface area contributed by atoms with Gasteiger partial charge in [0.25, 0.3) is 0 Å². The summed E-state index contributed by atoms with van der Waals surface area (Å²) in [5.41, 5.74) is 17.4. The Morgan fingerprint density at radius 1 is 0.652 bits per heavy atom. The molecule has 0 N–H and O–H groups in total. The van der Waals surface area contributed by atoms with Gasteiger partial charge in [0.1, 0.15) is 0 Å². The zero-order valence-electron chi connectivity index (χ0n) is 27.4. The van der Waals surface area contributed by atoms with Crippen LogP contribution in [-0.2, 0) is 10.8 Å². The van der Waals surface area contributed by atoms with Crippen LogP contribution in [0.25, 0.3) is 56.3 Å². The van der Waals surface area contributed by atoms with Crippen LogP contribution in [0.3, 0.4) is 0 Å². The molecule has 0 nitrogen and oxygen atoms in total. The van der Waals surface area contributed by atoms with Crippen LogP contribution in [0.15, 0.2) is 97.1 Å². The van der Waals surface area contributed by atoms with E-state index in [-0.39, 0.29) is 10.8 Å². The van der Waals surface area contributed by atoms with Crippen LogP contribution < -0.4 is 10.4 Å². The summed E-state index contributed by atoms with van der Waals surface area (Å²) in [4.78, 5) is 0. The van der Waals surface area contributed by atoms with Crippen LogP contribution in [0.5, 0.6) is 0 Å². The predicted octanol–water partition coefficient (Wildman–Crippen LogP) is 10.4. The van der Waals surface area contributed by atoms with E-state index >= 15 is 0 Å². The molecule has 2 atom stereocenters. The van der Waals surface area contributed by atoms with Crippen molar-refractivity contribution in [2.75, 3.05) is 0 Å². The zero-order chi connectivity index (χ0) is 30.9. The van der Waals surface area contributed by atoms with E-state index in [4.69, 9.17) is 0 Å². The Labute approximate surface area is 272 Å². The van der Waals surface area contributed by atoms with Gasteiger partial charge in [0, 0.05) is 5.41 Å². The van der Waals surface area contributed by atoms with Crippen LogP contribution in [0.1, 0.15) is 92.7 Å². The number of hydrogen-bond donors (Lipinski definition) is 0.